The van der Waals surface area contributed by atoms with Crippen molar-refractivity contribution in [2.24, 2.45) is 0 Å². The van der Waals surface area contributed by atoms with Crippen molar-refractivity contribution in [1.82, 2.24) is 8.61 Å². The lowest BCUT2D eigenvalue weighted by molar-refractivity contribution is -0.125. The van der Waals surface area contributed by atoms with E-state index >= 15 is 0 Å². The second kappa shape index (κ2) is 6.64. The molecule has 0 aromatic heterocycles. The number of amides is 2. The van der Waals surface area contributed by atoms with Gasteiger partial charge in [-0.05, 0) is 6.42 Å². The molecule has 0 rings (SSSR count). The Bertz CT molecular complexity index is 214. The maximum Gasteiger partial charge on any atom is 0.411 e. The monoisotopic (exact) mass is 222 g/mol. The van der Waals surface area contributed by atoms with Crippen molar-refractivity contribution in [3.63, 3.8) is 0 Å². The summed E-state index contributed by atoms with van der Waals surface area (Å²) in [6.45, 7) is 1.98. The number of unbranched alkanes of at least 4 members (excludes halogenated alkanes) is 1. The summed E-state index contributed by atoms with van der Waals surface area (Å²) in [7, 11) is 2.79. The summed E-state index contributed by atoms with van der Waals surface area (Å²) in [5.41, 5.74) is 0. The van der Waals surface area contributed by atoms with Gasteiger partial charge in [-0.15, -0.1) is 4.39 Å². The van der Waals surface area contributed by atoms with E-state index in [-0.39, 0.29) is 5.91 Å². The van der Waals surface area contributed by atoms with Crippen molar-refractivity contribution in [3.05, 3.63) is 0 Å². The van der Waals surface area contributed by atoms with E-state index in [9.17, 15) is 14.0 Å². The van der Waals surface area contributed by atoms with Crippen LogP contribution >= 0.6 is 12.1 Å². The molecule has 0 aromatic carbocycles. The summed E-state index contributed by atoms with van der Waals surface area (Å²) in [5.74, 6) is -0.107. The van der Waals surface area contributed by atoms with E-state index in [2.05, 4.69) is 0 Å². The molecule has 0 N–H and O–H groups in total. The first-order valence-corrected chi connectivity index (χ1v) is 5.09. The molecule has 6 heteroatoms. The Hall–Kier alpha value is -0.780. The summed E-state index contributed by atoms with van der Waals surface area (Å²) in [6.07, 6.45) is 0.595. The second-order valence-corrected chi connectivity index (χ2v) is 4.09. The highest BCUT2D eigenvalue weighted by Crippen LogP contribution is 2.15. The van der Waals surface area contributed by atoms with E-state index in [1.54, 1.807) is 0 Å². The van der Waals surface area contributed by atoms with Crippen LogP contribution in [0.2, 0.25) is 0 Å². The predicted octanol–water partition coefficient (Wildman–Crippen LogP) is 2.22. The van der Waals surface area contributed by atoms with Crippen molar-refractivity contribution < 1.29 is 14.0 Å². The van der Waals surface area contributed by atoms with Crippen LogP contribution in [0.3, 0.4) is 0 Å². The molecule has 4 nitrogen and oxygen atoms in total. The van der Waals surface area contributed by atoms with Gasteiger partial charge in [0.05, 0.1) is 12.1 Å². The third-order valence-electron chi connectivity index (χ3n) is 1.59. The number of nitrogens with zero attached hydrogens (tertiary/aromatic N) is 2. The second-order valence-electron chi connectivity index (χ2n) is 2.83. The molecule has 0 radical (unpaired) electrons. The molecule has 0 aliphatic carbocycles. The molecule has 0 unspecified atom stereocenters. The Morgan fingerprint density at radius 2 is 1.86 bits per heavy atom. The minimum absolute atomic E-state index is 0.107. The largest absolute Gasteiger partial charge is 0.411 e. The first-order valence-electron chi connectivity index (χ1n) is 4.36. The summed E-state index contributed by atoms with van der Waals surface area (Å²) < 4.78 is 14.1. The maximum absolute atomic E-state index is 12.1. The molecular weight excluding hydrogens is 207 g/mol. The van der Waals surface area contributed by atoms with Gasteiger partial charge in [0.2, 0.25) is 5.91 Å². The third-order valence-corrected chi connectivity index (χ3v) is 2.43. The number of hydrogen-bond acceptors (Lipinski definition) is 3. The van der Waals surface area contributed by atoms with Gasteiger partial charge in [-0.3, -0.25) is 9.10 Å². The van der Waals surface area contributed by atoms with Crippen LogP contribution in [0.15, 0.2) is 0 Å². The van der Waals surface area contributed by atoms with Crippen molar-refractivity contribution >= 4 is 24.2 Å². The molecule has 0 spiro atoms. The minimum Gasteiger partial charge on any atom is -0.274 e. The number of halogens is 1. The first kappa shape index (κ1) is 13.2. The van der Waals surface area contributed by atoms with E-state index in [1.165, 1.54) is 18.4 Å². The molecule has 0 bridgehead atoms. The molecule has 82 valence electrons. The molecule has 14 heavy (non-hydrogen) atoms. The molecular formula is C8H15FN2O2S. The highest BCUT2D eigenvalue weighted by Gasteiger charge is 2.15. The van der Waals surface area contributed by atoms with Crippen molar-refractivity contribution in [2.45, 2.75) is 26.2 Å². The fourth-order valence-electron chi connectivity index (χ4n) is 0.747. The van der Waals surface area contributed by atoms with Gasteiger partial charge in [-0.2, -0.15) is 0 Å². The average molecular weight is 222 g/mol. The average Bonchev–Trinajstić information content (AvgIpc) is 2.13. The Labute approximate surface area is 87.7 Å². The maximum atomic E-state index is 12.1. The summed E-state index contributed by atoms with van der Waals surface area (Å²) in [4.78, 5) is 21.5. The van der Waals surface area contributed by atoms with Gasteiger partial charge in [-0.1, -0.05) is 13.3 Å². The van der Waals surface area contributed by atoms with Crippen LogP contribution in [0.4, 0.5) is 9.18 Å². The summed E-state index contributed by atoms with van der Waals surface area (Å²) in [5, 5.41) is 0. The number of carbonyl (C=O) groups is 2. The van der Waals surface area contributed by atoms with Gasteiger partial charge in [0.25, 0.3) is 0 Å². The van der Waals surface area contributed by atoms with E-state index in [0.29, 0.717) is 6.42 Å². The van der Waals surface area contributed by atoms with Crippen LogP contribution in [-0.2, 0) is 4.79 Å². The molecule has 0 saturated carbocycles. The van der Waals surface area contributed by atoms with E-state index in [1.807, 2.05) is 6.92 Å². The van der Waals surface area contributed by atoms with Gasteiger partial charge >= 0.3 is 6.16 Å². The van der Waals surface area contributed by atoms with Crippen LogP contribution < -0.4 is 0 Å². The quantitative estimate of drug-likeness (QED) is 0.407. The van der Waals surface area contributed by atoms with Gasteiger partial charge in [0, 0.05) is 20.5 Å². The lowest BCUT2D eigenvalue weighted by Gasteiger charge is -2.19. The van der Waals surface area contributed by atoms with Gasteiger partial charge in [0.15, 0.2) is 0 Å². The van der Waals surface area contributed by atoms with Crippen molar-refractivity contribution in [1.29, 1.82) is 0 Å². The third kappa shape index (κ3) is 5.06. The van der Waals surface area contributed by atoms with E-state index in [0.717, 1.165) is 29.3 Å². The smallest absolute Gasteiger partial charge is 0.274 e. The predicted molar refractivity (Wildman–Crippen MR) is 54.2 cm³/mol. The lowest BCUT2D eigenvalue weighted by Crippen LogP contribution is -2.26. The highest BCUT2D eigenvalue weighted by molar-refractivity contribution is 7.95. The zero-order valence-corrected chi connectivity index (χ0v) is 9.43. The molecule has 0 saturated heterocycles. The first-order chi connectivity index (χ1) is 6.49. The number of hydrogen-bond donors (Lipinski definition) is 0. The van der Waals surface area contributed by atoms with Crippen molar-refractivity contribution in [2.75, 3.05) is 14.1 Å². The van der Waals surface area contributed by atoms with Crippen LogP contribution in [0.5, 0.6) is 0 Å². The highest BCUT2D eigenvalue weighted by atomic mass is 32.2. The molecule has 0 aromatic rings. The molecule has 0 aliphatic heterocycles. The molecule has 0 heterocycles. The van der Waals surface area contributed by atoms with Crippen LogP contribution in [0.25, 0.3) is 0 Å². The van der Waals surface area contributed by atoms with Gasteiger partial charge in [0.1, 0.15) is 0 Å². The molecule has 0 atom stereocenters. The zero-order valence-electron chi connectivity index (χ0n) is 8.62. The zero-order chi connectivity index (χ0) is 11.1. The summed E-state index contributed by atoms with van der Waals surface area (Å²) >= 11 is 0.759. The van der Waals surface area contributed by atoms with Gasteiger partial charge < -0.3 is 0 Å². The Balaban J connectivity index is 3.88. The normalized spacial score (nSPS) is 9.71. The SMILES string of the molecule is CCCCC(=O)N(C)SN(C)C(=O)F. The van der Waals surface area contributed by atoms with Crippen molar-refractivity contribution in [3.8, 4) is 0 Å². The number of carbonyl (C=O) groups excluding carboxylic acids is 2. The molecule has 0 fully saturated rings. The molecule has 0 aliphatic rings. The lowest BCUT2D eigenvalue weighted by atomic mass is 10.2. The van der Waals surface area contributed by atoms with Crippen LogP contribution in [-0.4, -0.2) is 34.8 Å². The standard InChI is InChI=1S/C8H15FN2O2S/c1-4-5-6-7(12)10(2)14-11(3)8(9)13/h4-6H2,1-3H3. The Morgan fingerprint density at radius 1 is 1.29 bits per heavy atom. The Kier molecular flexibility index (Phi) is 6.27. The minimum atomic E-state index is -1.56. The van der Waals surface area contributed by atoms with Crippen LogP contribution in [0.1, 0.15) is 26.2 Å². The number of rotatable bonds is 5. The Morgan fingerprint density at radius 3 is 2.29 bits per heavy atom. The van der Waals surface area contributed by atoms with Crippen LogP contribution in [0, 0.1) is 0 Å². The van der Waals surface area contributed by atoms with Gasteiger partial charge in [-0.25, -0.2) is 9.10 Å². The summed E-state index contributed by atoms with van der Waals surface area (Å²) in [6, 6.07) is 0. The fraction of sp³-hybridized carbons (Fsp3) is 0.750. The van der Waals surface area contributed by atoms with E-state index in [4.69, 9.17) is 0 Å². The topological polar surface area (TPSA) is 40.6 Å². The molecule has 2 amide bonds. The van der Waals surface area contributed by atoms with E-state index < -0.39 is 6.16 Å². The fourth-order valence-corrected chi connectivity index (χ4v) is 1.36.